The summed E-state index contributed by atoms with van der Waals surface area (Å²) in [6, 6.07) is 9.40. The van der Waals surface area contributed by atoms with E-state index in [1.165, 1.54) is 13.8 Å². The molecular weight excluding hydrogens is 191 g/mol. The van der Waals surface area contributed by atoms with Gasteiger partial charge in [0.2, 0.25) is 0 Å². The Kier molecular flexibility index (Phi) is 7.70. The normalized spacial score (nSPS) is 8.31. The Morgan fingerprint density at radius 2 is 1.46 bits per heavy atom. The Hall–Kier alpha value is 0.196. The first-order valence-electron chi connectivity index (χ1n) is 4.07. The fourth-order valence-electron chi connectivity index (χ4n) is 0.673. The van der Waals surface area contributed by atoms with Gasteiger partial charge in [0.25, 0.3) is 0 Å². The predicted octanol–water partition coefficient (Wildman–Crippen LogP) is 1.59. The molecule has 0 aliphatic heterocycles. The van der Waals surface area contributed by atoms with Crippen molar-refractivity contribution < 1.29 is 9.59 Å². The van der Waals surface area contributed by atoms with Gasteiger partial charge in [-0.25, -0.2) is 0 Å². The first kappa shape index (κ1) is 13.2. The van der Waals surface area contributed by atoms with E-state index in [0.29, 0.717) is -0.122 Å². The minimum atomic E-state index is 0.167. The summed E-state index contributed by atoms with van der Waals surface area (Å²) in [5.74, 6) is 0.167. The van der Waals surface area contributed by atoms with Crippen molar-refractivity contribution in [1.82, 2.24) is 0 Å². The summed E-state index contributed by atoms with van der Waals surface area (Å²) in [7, 11) is 0. The Balaban J connectivity index is 0.000000310. The van der Waals surface area contributed by atoms with E-state index in [9.17, 15) is 9.59 Å². The third kappa shape index (κ3) is 8.52. The monoisotopic (exact) mass is 202 g/mol. The number of Topliss-reactive ketones (excluding diaryl/α,β-unsaturated/α-hetero) is 1. The Bertz CT molecular complexity index is 276. The molecule has 3 heteroatoms. The van der Waals surface area contributed by atoms with Crippen molar-refractivity contribution in [1.29, 1.82) is 0 Å². The standard InChI is InChI=1S/C7H5O.C3H6O.K/c8-6-7-4-2-1-3-5-7;1-3(2)4;/h1-5H;1-2H3;. The van der Waals surface area contributed by atoms with Gasteiger partial charge in [-0.15, -0.1) is 0 Å². The van der Waals surface area contributed by atoms with Gasteiger partial charge in [0.05, 0.1) is 0 Å². The van der Waals surface area contributed by atoms with E-state index in [1.54, 1.807) is 0 Å². The number of rotatable bonds is 1. The van der Waals surface area contributed by atoms with Crippen molar-refractivity contribution in [3.63, 3.8) is 0 Å². The zero-order valence-corrected chi connectivity index (χ0v) is 11.3. The molecule has 0 spiro atoms. The molecule has 0 bridgehead atoms. The van der Waals surface area contributed by atoms with Crippen LogP contribution >= 0.6 is 0 Å². The van der Waals surface area contributed by atoms with E-state index >= 15 is 0 Å². The van der Waals surface area contributed by atoms with Gasteiger partial charge in [-0.05, 0) is 13.8 Å². The van der Waals surface area contributed by atoms with Crippen molar-refractivity contribution >= 4 is 54.6 Å². The van der Waals surface area contributed by atoms with Crippen LogP contribution < -0.4 is 0 Å². The predicted molar refractivity (Wildman–Crippen MR) is 52.9 cm³/mol. The number of carbonyl (C=O) groups is 2. The van der Waals surface area contributed by atoms with Gasteiger partial charge in [-0.1, -0.05) is 0 Å². The van der Waals surface area contributed by atoms with E-state index in [4.69, 9.17) is 0 Å². The van der Waals surface area contributed by atoms with E-state index < -0.39 is 0 Å². The topological polar surface area (TPSA) is 34.1 Å². The van der Waals surface area contributed by atoms with Gasteiger partial charge in [0, 0.05) is 0 Å². The first-order chi connectivity index (χ1) is 6.04. The molecule has 1 aromatic rings. The van der Waals surface area contributed by atoms with Gasteiger partial charge >= 0.3 is 89.5 Å². The molecular formula is C10H11KO2. The molecule has 0 amide bonds. The Morgan fingerprint density at radius 3 is 1.69 bits per heavy atom. The summed E-state index contributed by atoms with van der Waals surface area (Å²) < 4.78 is 0.308. The molecule has 13 heavy (non-hydrogen) atoms. The molecule has 0 radical (unpaired) electrons. The fourth-order valence-corrected chi connectivity index (χ4v) is 1.19. The number of carbonyl (C=O) groups excluding carboxylic acids is 2. The zero-order chi connectivity index (χ0) is 10.3. The maximum absolute atomic E-state index is 10.7. The summed E-state index contributed by atoms with van der Waals surface area (Å²) in [5.41, 5.74) is 0.859. The van der Waals surface area contributed by atoms with Crippen LogP contribution in [0.25, 0.3) is 0 Å². The average Bonchev–Trinajstić information content (AvgIpc) is 2.05. The van der Waals surface area contributed by atoms with Crippen molar-refractivity contribution in [2.45, 2.75) is 13.8 Å². The third-order valence-corrected chi connectivity index (χ3v) is 2.08. The number of hydrogen-bond donors (Lipinski definition) is 0. The van der Waals surface area contributed by atoms with Crippen LogP contribution in [0.5, 0.6) is 0 Å². The molecule has 0 saturated heterocycles. The maximum atomic E-state index is 10.7. The molecule has 0 unspecified atom stereocenters. The Morgan fingerprint density at radius 1 is 1.08 bits per heavy atom. The van der Waals surface area contributed by atoms with Crippen LogP contribution in [-0.2, 0) is 4.79 Å². The molecule has 0 fully saturated rings. The quantitative estimate of drug-likeness (QED) is 0.648. The van der Waals surface area contributed by atoms with Crippen LogP contribution in [0.15, 0.2) is 30.3 Å². The summed E-state index contributed by atoms with van der Waals surface area (Å²) in [6.07, 6.45) is 0. The van der Waals surface area contributed by atoms with Gasteiger partial charge in [-0.3, -0.25) is 0 Å². The molecule has 0 N–H and O–H groups in total. The van der Waals surface area contributed by atoms with Gasteiger partial charge in [-0.2, -0.15) is 0 Å². The van der Waals surface area contributed by atoms with Gasteiger partial charge in [0.15, 0.2) is 0 Å². The van der Waals surface area contributed by atoms with Crippen LogP contribution in [0.3, 0.4) is 0 Å². The molecule has 1 rings (SSSR count). The molecule has 0 aliphatic rings. The molecule has 64 valence electrons. The van der Waals surface area contributed by atoms with Crippen molar-refractivity contribution in [3.8, 4) is 0 Å². The molecule has 0 aliphatic carbocycles. The number of benzene rings is 1. The van der Waals surface area contributed by atoms with Crippen LogP contribution in [0.1, 0.15) is 24.2 Å². The van der Waals surface area contributed by atoms with E-state index in [-0.39, 0.29) is 54.7 Å². The summed E-state index contributed by atoms with van der Waals surface area (Å²) in [6.45, 7) is 3.06. The van der Waals surface area contributed by atoms with Gasteiger partial charge < -0.3 is 4.79 Å². The SMILES string of the molecule is CC(C)=O.O=[C]([K])c1ccccc1. The first-order valence-corrected chi connectivity index (χ1v) is 5.63. The van der Waals surface area contributed by atoms with Crippen molar-refractivity contribution in [2.24, 2.45) is 0 Å². The van der Waals surface area contributed by atoms with Crippen LogP contribution in [0.4, 0.5) is 0 Å². The average molecular weight is 202 g/mol. The number of hydrogen-bond acceptors (Lipinski definition) is 2. The Labute approximate surface area is 112 Å². The van der Waals surface area contributed by atoms with Crippen LogP contribution in [0.2, 0.25) is 0 Å². The van der Waals surface area contributed by atoms with Crippen LogP contribution in [0, 0.1) is 0 Å². The molecule has 0 saturated carbocycles. The number of ketones is 1. The minimum absolute atomic E-state index is 0.167. The second kappa shape index (κ2) is 7.59. The summed E-state index contributed by atoms with van der Waals surface area (Å²) in [5, 5.41) is 0. The molecule has 2 nitrogen and oxygen atoms in total. The molecule has 0 atom stereocenters. The van der Waals surface area contributed by atoms with E-state index in [0.717, 1.165) is 5.56 Å². The van der Waals surface area contributed by atoms with Crippen LogP contribution in [-0.4, -0.2) is 54.6 Å². The second-order valence-corrected chi connectivity index (χ2v) is 4.25. The summed E-state index contributed by atoms with van der Waals surface area (Å²) >= 11 is 0.286. The molecule has 0 aromatic heterocycles. The fraction of sp³-hybridized carbons (Fsp3) is 0.200. The van der Waals surface area contributed by atoms with Gasteiger partial charge in [0.1, 0.15) is 5.78 Å². The van der Waals surface area contributed by atoms with E-state index in [1.807, 2.05) is 30.3 Å². The van der Waals surface area contributed by atoms with Crippen molar-refractivity contribution in [2.75, 3.05) is 0 Å². The molecule has 1 aromatic carbocycles. The summed E-state index contributed by atoms with van der Waals surface area (Å²) in [4.78, 5) is 20.2. The third-order valence-electron chi connectivity index (χ3n) is 1.18. The second-order valence-electron chi connectivity index (χ2n) is 2.83. The van der Waals surface area contributed by atoms with Crippen molar-refractivity contribution in [3.05, 3.63) is 35.9 Å². The zero-order valence-electron chi connectivity index (χ0n) is 8.20. The molecule has 0 heterocycles. The van der Waals surface area contributed by atoms with E-state index in [2.05, 4.69) is 0 Å².